The lowest BCUT2D eigenvalue weighted by molar-refractivity contribution is 0.0673. The van der Waals surface area contributed by atoms with Gasteiger partial charge in [0.1, 0.15) is 5.82 Å². The van der Waals surface area contributed by atoms with Gasteiger partial charge in [0.05, 0.1) is 10.7 Å². The Morgan fingerprint density at radius 1 is 1.24 bits per heavy atom. The predicted octanol–water partition coefficient (Wildman–Crippen LogP) is 4.69. The van der Waals surface area contributed by atoms with Crippen molar-refractivity contribution in [2.45, 2.75) is 44.7 Å². The Morgan fingerprint density at radius 3 is 2.64 bits per heavy atom. The van der Waals surface area contributed by atoms with E-state index in [9.17, 15) is 9.18 Å². The number of halogens is 2. The minimum atomic E-state index is -0.227. The number of nitrogens with zero attached hydrogens (tertiary/aromatic N) is 1. The maximum absolute atomic E-state index is 13.0. The number of nitrogen functional groups attached to an aromatic ring is 1. The SMILES string of the molecule is C[C@@H]1CC[C@H](CCc2ccc(F)cc2)N1C(=O)c1ccc(N)c(Cl)c1. The molecule has 1 aliphatic heterocycles. The molecular weight excluding hydrogens is 339 g/mol. The summed E-state index contributed by atoms with van der Waals surface area (Å²) in [6, 6.07) is 12.0. The maximum atomic E-state index is 13.0. The molecule has 2 atom stereocenters. The highest BCUT2D eigenvalue weighted by Gasteiger charge is 2.34. The van der Waals surface area contributed by atoms with E-state index in [1.165, 1.54) is 12.1 Å². The van der Waals surface area contributed by atoms with Gasteiger partial charge in [-0.15, -0.1) is 0 Å². The maximum Gasteiger partial charge on any atom is 0.254 e. The highest BCUT2D eigenvalue weighted by molar-refractivity contribution is 6.33. The van der Waals surface area contributed by atoms with Crippen LogP contribution in [0.3, 0.4) is 0 Å². The molecule has 0 radical (unpaired) electrons. The van der Waals surface area contributed by atoms with Crippen molar-refractivity contribution in [3.63, 3.8) is 0 Å². The normalized spacial score (nSPS) is 20.0. The molecule has 2 aromatic rings. The zero-order valence-corrected chi connectivity index (χ0v) is 15.0. The fourth-order valence-corrected chi connectivity index (χ4v) is 3.70. The Bertz CT molecular complexity index is 763. The first-order chi connectivity index (χ1) is 12.0. The van der Waals surface area contributed by atoms with Crippen LogP contribution in [-0.4, -0.2) is 22.9 Å². The third-order valence-electron chi connectivity index (χ3n) is 4.95. The highest BCUT2D eigenvalue weighted by atomic mass is 35.5. The molecule has 0 aromatic heterocycles. The number of hydrogen-bond donors (Lipinski definition) is 1. The van der Waals surface area contributed by atoms with Crippen LogP contribution in [-0.2, 0) is 6.42 Å². The Kier molecular flexibility index (Phi) is 5.28. The van der Waals surface area contributed by atoms with E-state index in [0.717, 1.165) is 31.2 Å². The summed E-state index contributed by atoms with van der Waals surface area (Å²) in [6.45, 7) is 2.08. The summed E-state index contributed by atoms with van der Waals surface area (Å²) < 4.78 is 13.0. The molecule has 5 heteroatoms. The average Bonchev–Trinajstić information content (AvgIpc) is 2.97. The smallest absolute Gasteiger partial charge is 0.254 e. The fourth-order valence-electron chi connectivity index (χ4n) is 3.51. The molecule has 0 unspecified atom stereocenters. The van der Waals surface area contributed by atoms with Gasteiger partial charge < -0.3 is 10.6 Å². The molecule has 0 saturated carbocycles. The zero-order chi connectivity index (χ0) is 18.0. The van der Waals surface area contributed by atoms with Crippen molar-refractivity contribution in [3.05, 3.63) is 64.4 Å². The standard InChI is InChI=1S/C20H22ClFN2O/c1-13-2-9-17(10-5-14-3-7-16(22)8-4-14)24(13)20(25)15-6-11-19(23)18(21)12-15/h3-4,6-8,11-13,17H,2,5,9-10,23H2,1H3/t13-,17-/m1/s1. The summed E-state index contributed by atoms with van der Waals surface area (Å²) in [6.07, 6.45) is 3.66. The number of benzene rings is 2. The molecule has 1 amide bonds. The second kappa shape index (κ2) is 7.44. The molecule has 3 nitrogen and oxygen atoms in total. The summed E-state index contributed by atoms with van der Waals surface area (Å²) in [4.78, 5) is 14.9. The number of rotatable bonds is 4. The van der Waals surface area contributed by atoms with Crippen LogP contribution in [0.1, 0.15) is 42.1 Å². The number of hydrogen-bond acceptors (Lipinski definition) is 2. The van der Waals surface area contributed by atoms with Crippen molar-refractivity contribution in [2.75, 3.05) is 5.73 Å². The predicted molar refractivity (Wildman–Crippen MR) is 99.2 cm³/mol. The van der Waals surface area contributed by atoms with E-state index >= 15 is 0 Å². The molecule has 0 aliphatic carbocycles. The number of carbonyl (C=O) groups excluding carboxylic acids is 1. The Labute approximate surface area is 152 Å². The fraction of sp³-hybridized carbons (Fsp3) is 0.350. The number of likely N-dealkylation sites (tertiary alicyclic amines) is 1. The zero-order valence-electron chi connectivity index (χ0n) is 14.2. The van der Waals surface area contributed by atoms with Crippen LogP contribution in [0.15, 0.2) is 42.5 Å². The number of anilines is 1. The molecule has 1 aliphatic rings. The van der Waals surface area contributed by atoms with E-state index in [-0.39, 0.29) is 23.8 Å². The molecule has 132 valence electrons. The van der Waals surface area contributed by atoms with E-state index in [1.54, 1.807) is 30.3 Å². The molecule has 0 spiro atoms. The second-order valence-corrected chi connectivity index (χ2v) is 7.10. The molecule has 3 rings (SSSR count). The van der Waals surface area contributed by atoms with Gasteiger partial charge in [0.15, 0.2) is 0 Å². The van der Waals surface area contributed by atoms with Gasteiger partial charge in [0, 0.05) is 17.6 Å². The van der Waals surface area contributed by atoms with E-state index in [2.05, 4.69) is 6.92 Å². The summed E-state index contributed by atoms with van der Waals surface area (Å²) in [5, 5.41) is 0.403. The monoisotopic (exact) mass is 360 g/mol. The third kappa shape index (κ3) is 3.96. The first kappa shape index (κ1) is 17.7. The largest absolute Gasteiger partial charge is 0.398 e. The first-order valence-electron chi connectivity index (χ1n) is 8.58. The van der Waals surface area contributed by atoms with Crippen LogP contribution in [0, 0.1) is 5.82 Å². The topological polar surface area (TPSA) is 46.3 Å². The van der Waals surface area contributed by atoms with Crippen LogP contribution in [0.4, 0.5) is 10.1 Å². The van der Waals surface area contributed by atoms with Gasteiger partial charge in [-0.1, -0.05) is 23.7 Å². The van der Waals surface area contributed by atoms with E-state index in [4.69, 9.17) is 17.3 Å². The van der Waals surface area contributed by atoms with Gasteiger partial charge >= 0.3 is 0 Å². The van der Waals surface area contributed by atoms with Gasteiger partial charge in [-0.2, -0.15) is 0 Å². The lowest BCUT2D eigenvalue weighted by Gasteiger charge is -2.29. The van der Waals surface area contributed by atoms with Crippen molar-refractivity contribution in [2.24, 2.45) is 0 Å². The molecule has 1 saturated heterocycles. The first-order valence-corrected chi connectivity index (χ1v) is 8.95. The van der Waals surface area contributed by atoms with Crippen molar-refractivity contribution in [1.82, 2.24) is 4.90 Å². The Morgan fingerprint density at radius 2 is 1.96 bits per heavy atom. The van der Waals surface area contributed by atoms with Crippen molar-refractivity contribution in [3.8, 4) is 0 Å². The van der Waals surface area contributed by atoms with E-state index in [1.807, 2.05) is 4.90 Å². The summed E-state index contributed by atoms with van der Waals surface area (Å²) >= 11 is 6.06. The second-order valence-electron chi connectivity index (χ2n) is 6.69. The van der Waals surface area contributed by atoms with Gasteiger partial charge in [0.2, 0.25) is 0 Å². The quantitative estimate of drug-likeness (QED) is 0.804. The highest BCUT2D eigenvalue weighted by Crippen LogP contribution is 2.30. The number of carbonyl (C=O) groups is 1. The molecule has 2 aromatic carbocycles. The summed E-state index contributed by atoms with van der Waals surface area (Å²) in [7, 11) is 0. The van der Waals surface area contributed by atoms with Crippen LogP contribution >= 0.6 is 11.6 Å². The lowest BCUT2D eigenvalue weighted by Crippen LogP contribution is -2.40. The van der Waals surface area contributed by atoms with Crippen molar-refractivity contribution >= 4 is 23.2 Å². The molecule has 1 fully saturated rings. The molecule has 0 bridgehead atoms. The number of aryl methyl sites for hydroxylation is 1. The van der Waals surface area contributed by atoms with Crippen molar-refractivity contribution in [1.29, 1.82) is 0 Å². The van der Waals surface area contributed by atoms with Crippen LogP contribution in [0.25, 0.3) is 0 Å². The van der Waals surface area contributed by atoms with Gasteiger partial charge in [-0.25, -0.2) is 4.39 Å². The van der Waals surface area contributed by atoms with Gasteiger partial charge in [-0.05, 0) is 68.5 Å². The van der Waals surface area contributed by atoms with Gasteiger partial charge in [-0.3, -0.25) is 4.79 Å². The minimum absolute atomic E-state index is 0.00370. The van der Waals surface area contributed by atoms with Crippen LogP contribution in [0.2, 0.25) is 5.02 Å². The number of amides is 1. The van der Waals surface area contributed by atoms with E-state index < -0.39 is 0 Å². The lowest BCUT2D eigenvalue weighted by atomic mass is 10.0. The average molecular weight is 361 g/mol. The molecule has 25 heavy (non-hydrogen) atoms. The van der Waals surface area contributed by atoms with E-state index in [0.29, 0.717) is 16.3 Å². The molecule has 1 heterocycles. The van der Waals surface area contributed by atoms with Gasteiger partial charge in [0.25, 0.3) is 5.91 Å². The minimum Gasteiger partial charge on any atom is -0.398 e. The summed E-state index contributed by atoms with van der Waals surface area (Å²) in [5.41, 5.74) is 7.86. The van der Waals surface area contributed by atoms with Crippen LogP contribution in [0.5, 0.6) is 0 Å². The Balaban J connectivity index is 1.72. The molecular formula is C20H22ClFN2O. The van der Waals surface area contributed by atoms with Crippen LogP contribution < -0.4 is 5.73 Å². The third-order valence-corrected chi connectivity index (χ3v) is 5.27. The number of nitrogens with two attached hydrogens (primary N) is 1. The molecule has 2 N–H and O–H groups in total. The summed E-state index contributed by atoms with van der Waals surface area (Å²) in [5.74, 6) is -0.230. The van der Waals surface area contributed by atoms with Crippen molar-refractivity contribution < 1.29 is 9.18 Å². The Hall–Kier alpha value is -2.07.